The van der Waals surface area contributed by atoms with Crippen LogP contribution in [-0.4, -0.2) is 195 Å². The number of anilines is 1. The average Bonchev–Trinajstić information content (AvgIpc) is 1.56. The number of fused-ring (bicyclic) bond motifs is 12. The van der Waals surface area contributed by atoms with Gasteiger partial charge in [0, 0.05) is 66.6 Å². The molecule has 10 atom stereocenters. The number of likely N-dealkylation sites (tertiary alicyclic amines) is 1. The van der Waals surface area contributed by atoms with Gasteiger partial charge in [0.1, 0.15) is 18.5 Å². The molecule has 4 amide bonds. The number of carbonyl (C=O) groups is 6. The minimum absolute atomic E-state index is 0.00141. The van der Waals surface area contributed by atoms with Gasteiger partial charge in [0.15, 0.2) is 23.5 Å². The lowest BCUT2D eigenvalue weighted by molar-refractivity contribution is -0.206. The van der Waals surface area contributed by atoms with Crippen LogP contribution in [0, 0.1) is 28.6 Å². The van der Waals surface area contributed by atoms with Crippen LogP contribution >= 0.6 is 0 Å². The molecule has 87 heavy (non-hydrogen) atoms. The molecule has 3 saturated carbocycles. The van der Waals surface area contributed by atoms with Crippen LogP contribution in [0.15, 0.2) is 72.3 Å². The zero-order chi connectivity index (χ0) is 61.1. The molecule has 2 unspecified atom stereocenters. The standard InChI is InChI=1S/C64H85N7O16/c1-4-9-58-86-52-37-48-46-15-14-43-36-44(73)18-21-62(43,2)59(46)50(74)38-63(48,3)64(52,87-58)51(75)41-85-57-19-23-69(57)56(79)39-66-54(77)20-26-80-30-32-83-34-35-84-33-31-81-27-22-65-53(76)16-17-55(78)70-40-42-10-5-6-11-45(42)60-61(47-12-7-8-13-49(47)70)71(68-67-60)24-28-82-29-25-72/h5-8,10-13,18,21,36,46,48,50,52,57-59,72,74H,4,9,14-17,19-20,22-35,37-41H2,1-3H3,(H,65,76)(H,66,77)/t46-,48-,50-,52+,57?,58?,59+,62-,63-,64+/m0/s1. The van der Waals surface area contributed by atoms with Crippen molar-refractivity contribution in [3.8, 4) is 22.5 Å². The van der Waals surface area contributed by atoms with Crippen molar-refractivity contribution in [2.24, 2.45) is 28.6 Å². The van der Waals surface area contributed by atoms with Crippen molar-refractivity contribution in [2.75, 3.05) is 104 Å². The second-order valence-corrected chi connectivity index (χ2v) is 24.0. The SMILES string of the molecule is CCCC1O[C@@H]2C[C@H]3[C@@H]4CCC5=CC(=O)C=C[C@]5(C)[C@H]4[C@@H](O)C[C@]3(C)[C@]2(C(=O)COC2CCN2C(=O)CNC(=O)CCOCCOCCOCCOCCNC(=O)CCC(=O)N2Cc3ccccc3-c3nnn(CCOCCO)c3-c3ccccc32)O1. The monoisotopic (exact) mass is 1210 g/mol. The van der Waals surface area contributed by atoms with Crippen LogP contribution in [0.25, 0.3) is 22.5 Å². The average molecular weight is 1210 g/mol. The molecule has 0 bridgehead atoms. The molecule has 23 heteroatoms. The van der Waals surface area contributed by atoms with Gasteiger partial charge in [-0.1, -0.05) is 86.5 Å². The lowest BCUT2D eigenvalue weighted by atomic mass is 9.46. The molecule has 10 rings (SSSR count). The maximum absolute atomic E-state index is 14.7. The molecule has 472 valence electrons. The third kappa shape index (κ3) is 13.7. The number of para-hydroxylation sites is 1. The van der Waals surface area contributed by atoms with E-state index in [0.29, 0.717) is 89.8 Å². The quantitative estimate of drug-likeness (QED) is 0.0656. The minimum atomic E-state index is -1.33. The molecule has 0 spiro atoms. The molecule has 2 saturated heterocycles. The summed E-state index contributed by atoms with van der Waals surface area (Å²) < 4.78 is 49.1. The van der Waals surface area contributed by atoms with Crippen molar-refractivity contribution < 1.29 is 76.9 Å². The molecule has 4 heterocycles. The van der Waals surface area contributed by atoms with E-state index >= 15 is 0 Å². The zero-order valence-electron chi connectivity index (χ0n) is 50.3. The highest BCUT2D eigenvalue weighted by molar-refractivity contribution is 6.02. The Morgan fingerprint density at radius 2 is 1.53 bits per heavy atom. The lowest BCUT2D eigenvalue weighted by Crippen LogP contribution is -2.64. The minimum Gasteiger partial charge on any atom is -0.394 e. The number of rotatable bonds is 31. The highest BCUT2D eigenvalue weighted by atomic mass is 16.7. The summed E-state index contributed by atoms with van der Waals surface area (Å²) in [6.07, 6.45) is 7.42. The van der Waals surface area contributed by atoms with Crippen LogP contribution in [-0.2, 0) is 79.8 Å². The van der Waals surface area contributed by atoms with E-state index in [0.717, 1.165) is 47.2 Å². The van der Waals surface area contributed by atoms with E-state index < -0.39 is 41.2 Å². The Morgan fingerprint density at radius 1 is 0.816 bits per heavy atom. The van der Waals surface area contributed by atoms with Crippen LogP contribution in [0.3, 0.4) is 0 Å². The second kappa shape index (κ2) is 29.0. The summed E-state index contributed by atoms with van der Waals surface area (Å²) in [5.74, 6) is -1.40. The van der Waals surface area contributed by atoms with Gasteiger partial charge in [-0.25, -0.2) is 4.68 Å². The van der Waals surface area contributed by atoms with E-state index in [4.69, 9.17) is 43.0 Å². The predicted octanol–water partition coefficient (Wildman–Crippen LogP) is 4.25. The van der Waals surface area contributed by atoms with Gasteiger partial charge in [-0.05, 0) is 67.7 Å². The molecule has 3 aromatic rings. The van der Waals surface area contributed by atoms with Gasteiger partial charge in [-0.3, -0.25) is 28.8 Å². The predicted molar refractivity (Wildman–Crippen MR) is 315 cm³/mol. The number of amides is 4. The number of nitrogens with zero attached hydrogens (tertiary/aromatic N) is 5. The van der Waals surface area contributed by atoms with E-state index in [1.165, 1.54) is 4.90 Å². The Balaban J connectivity index is 0.559. The Bertz CT molecular complexity index is 3010. The van der Waals surface area contributed by atoms with Crippen LogP contribution in [0.4, 0.5) is 5.69 Å². The number of Topliss-reactive ketones (excluding diaryl/α,β-unsaturated/α-hetero) is 1. The first-order valence-electron chi connectivity index (χ1n) is 31.0. The highest BCUT2D eigenvalue weighted by Crippen LogP contribution is 2.70. The fourth-order valence-corrected chi connectivity index (χ4v) is 14.6. The summed E-state index contributed by atoms with van der Waals surface area (Å²) in [4.78, 5) is 83.0. The van der Waals surface area contributed by atoms with Gasteiger partial charge in [-0.15, -0.1) is 5.10 Å². The maximum atomic E-state index is 14.7. The Labute approximate surface area is 507 Å². The van der Waals surface area contributed by atoms with E-state index in [1.807, 2.05) is 61.5 Å². The molecule has 2 aromatic carbocycles. The third-order valence-corrected chi connectivity index (χ3v) is 18.9. The zero-order valence-corrected chi connectivity index (χ0v) is 50.3. The Hall–Kier alpha value is -6.12. The van der Waals surface area contributed by atoms with Crippen molar-refractivity contribution in [3.63, 3.8) is 0 Å². The molecular weight excluding hydrogens is 1120 g/mol. The summed E-state index contributed by atoms with van der Waals surface area (Å²) in [5, 5.41) is 35.7. The number of aliphatic hydroxyl groups excluding tert-OH is 2. The van der Waals surface area contributed by atoms with Crippen molar-refractivity contribution in [3.05, 3.63) is 77.9 Å². The molecule has 4 N–H and O–H groups in total. The van der Waals surface area contributed by atoms with Crippen LogP contribution in [0.5, 0.6) is 0 Å². The van der Waals surface area contributed by atoms with Gasteiger partial charge >= 0.3 is 0 Å². The number of allylic oxidation sites excluding steroid dienone is 4. The van der Waals surface area contributed by atoms with Gasteiger partial charge in [0.05, 0.1) is 116 Å². The van der Waals surface area contributed by atoms with E-state index in [1.54, 1.807) is 21.7 Å². The first-order chi connectivity index (χ1) is 42.2. The number of hydrogen-bond acceptors (Lipinski definition) is 18. The van der Waals surface area contributed by atoms with Crippen molar-refractivity contribution in [2.45, 2.75) is 128 Å². The summed E-state index contributed by atoms with van der Waals surface area (Å²) in [7, 11) is 0. The number of carbonyl (C=O) groups excluding carboxylic acids is 6. The largest absolute Gasteiger partial charge is 0.394 e. The molecule has 7 aliphatic rings. The van der Waals surface area contributed by atoms with E-state index in [9.17, 15) is 33.9 Å². The number of benzene rings is 2. The summed E-state index contributed by atoms with van der Waals surface area (Å²) >= 11 is 0. The number of aromatic nitrogens is 3. The summed E-state index contributed by atoms with van der Waals surface area (Å²) in [6, 6.07) is 15.4. The molecule has 3 aliphatic heterocycles. The van der Waals surface area contributed by atoms with Gasteiger partial charge in [0.2, 0.25) is 23.6 Å². The Kier molecular flexibility index (Phi) is 21.3. The van der Waals surface area contributed by atoms with Crippen molar-refractivity contribution in [1.82, 2.24) is 30.5 Å². The van der Waals surface area contributed by atoms with Gasteiger partial charge in [-0.2, -0.15) is 0 Å². The molecule has 4 aliphatic carbocycles. The number of ketones is 2. The number of hydrogen-bond donors (Lipinski definition) is 4. The topological polar surface area (TPSA) is 278 Å². The summed E-state index contributed by atoms with van der Waals surface area (Å²) in [5.41, 5.74) is 3.22. The number of aliphatic hydroxyl groups is 2. The third-order valence-electron chi connectivity index (χ3n) is 18.9. The summed E-state index contributed by atoms with van der Waals surface area (Å²) in [6.45, 7) is 9.80. The fourth-order valence-electron chi connectivity index (χ4n) is 14.6. The van der Waals surface area contributed by atoms with E-state index in [-0.39, 0.29) is 131 Å². The smallest absolute Gasteiger partial charge is 0.244 e. The normalized spacial score (nSPS) is 27.5. The van der Waals surface area contributed by atoms with Gasteiger partial charge < -0.3 is 68.5 Å². The molecule has 23 nitrogen and oxygen atoms in total. The number of nitrogens with one attached hydrogen (secondary N) is 2. The first-order valence-corrected chi connectivity index (χ1v) is 31.0. The van der Waals surface area contributed by atoms with Crippen LogP contribution < -0.4 is 15.5 Å². The lowest BCUT2D eigenvalue weighted by Gasteiger charge is -2.59. The fraction of sp³-hybridized carbons (Fsp3) is 0.625. The Morgan fingerprint density at radius 3 is 2.28 bits per heavy atom. The van der Waals surface area contributed by atoms with Crippen molar-refractivity contribution in [1.29, 1.82) is 0 Å². The second-order valence-electron chi connectivity index (χ2n) is 24.0. The molecule has 5 fully saturated rings. The van der Waals surface area contributed by atoms with E-state index in [2.05, 4.69) is 34.8 Å². The number of ether oxygens (including phenoxy) is 8. The van der Waals surface area contributed by atoms with Crippen molar-refractivity contribution >= 4 is 40.9 Å². The van der Waals surface area contributed by atoms with Gasteiger partial charge in [0.25, 0.3) is 0 Å². The maximum Gasteiger partial charge on any atom is 0.244 e. The first kappa shape index (κ1) is 63.9. The molecule has 1 aromatic heterocycles. The van der Waals surface area contributed by atoms with Crippen LogP contribution in [0.2, 0.25) is 0 Å². The molecule has 0 radical (unpaired) electrons. The van der Waals surface area contributed by atoms with Crippen LogP contribution in [0.1, 0.15) is 90.5 Å². The highest BCUT2D eigenvalue weighted by Gasteiger charge is 2.76. The molecular formula is C64H85N7O16.